The molecule has 4 N–H and O–H groups in total. The maximum atomic E-state index is 11.4. The van der Waals surface area contributed by atoms with Crippen molar-refractivity contribution in [1.29, 1.82) is 0 Å². The van der Waals surface area contributed by atoms with Crippen molar-refractivity contribution in [3.63, 3.8) is 0 Å². The molecule has 0 aromatic rings. The van der Waals surface area contributed by atoms with Gasteiger partial charge in [0.15, 0.2) is 0 Å². The van der Waals surface area contributed by atoms with Crippen LogP contribution in [0.3, 0.4) is 0 Å². The maximum Gasteiger partial charge on any atom is 0.246 e. The minimum absolute atomic E-state index is 0.0348. The largest absolute Gasteiger partial charge is 0.401 e. The molecule has 16 heavy (non-hydrogen) atoms. The number of carbonyl (C=O) groups is 1. The lowest BCUT2D eigenvalue weighted by atomic mass is 9.89. The molecule has 0 aliphatic heterocycles. The Kier molecular flexibility index (Phi) is 6.68. The van der Waals surface area contributed by atoms with Crippen molar-refractivity contribution in [2.24, 2.45) is 17.4 Å². The molecule has 3 nitrogen and oxygen atoms in total. The first-order chi connectivity index (χ1) is 7.58. The van der Waals surface area contributed by atoms with Crippen molar-refractivity contribution >= 4 is 5.91 Å². The molecule has 0 spiro atoms. The van der Waals surface area contributed by atoms with Crippen LogP contribution in [0, 0.1) is 5.92 Å². The van der Waals surface area contributed by atoms with Crippen molar-refractivity contribution in [3.8, 4) is 0 Å². The van der Waals surface area contributed by atoms with E-state index in [1.165, 1.54) is 0 Å². The van der Waals surface area contributed by atoms with E-state index < -0.39 is 5.91 Å². The van der Waals surface area contributed by atoms with Gasteiger partial charge in [-0.25, -0.2) is 0 Å². The number of amides is 1. The average molecular weight is 220 g/mol. The predicted octanol–water partition coefficient (Wildman–Crippen LogP) is 2.03. The summed E-state index contributed by atoms with van der Waals surface area (Å²) in [6.45, 7) is 10.9. The molecular formula is C13H20N2O. The van der Waals surface area contributed by atoms with Gasteiger partial charge in [0.25, 0.3) is 0 Å². The van der Waals surface area contributed by atoms with Crippen LogP contribution in [0.15, 0.2) is 49.2 Å². The molecule has 0 saturated carbocycles. The van der Waals surface area contributed by atoms with Crippen LogP contribution in [0.4, 0.5) is 0 Å². The van der Waals surface area contributed by atoms with Crippen molar-refractivity contribution in [2.75, 3.05) is 0 Å². The first-order valence-corrected chi connectivity index (χ1v) is 5.19. The molecule has 0 aromatic heterocycles. The second-order valence-corrected chi connectivity index (χ2v) is 3.54. The molecule has 0 saturated heterocycles. The van der Waals surface area contributed by atoms with Crippen molar-refractivity contribution < 1.29 is 4.79 Å². The molecule has 0 heterocycles. The third-order valence-electron chi connectivity index (χ3n) is 2.29. The fourth-order valence-corrected chi connectivity index (χ4v) is 1.62. The Balaban J connectivity index is 5.18. The number of nitrogens with two attached hydrogens (primary N) is 2. The topological polar surface area (TPSA) is 69.1 Å². The summed E-state index contributed by atoms with van der Waals surface area (Å²) in [7, 11) is 0. The number of allylic oxidation sites excluding steroid dienone is 3. The van der Waals surface area contributed by atoms with Crippen molar-refractivity contribution in [2.45, 2.75) is 19.3 Å². The number of hydrogen-bond acceptors (Lipinski definition) is 2. The molecule has 0 atom stereocenters. The lowest BCUT2D eigenvalue weighted by Crippen LogP contribution is -2.24. The van der Waals surface area contributed by atoms with E-state index in [1.807, 2.05) is 0 Å². The Hall–Kier alpha value is -1.77. The van der Waals surface area contributed by atoms with E-state index in [0.29, 0.717) is 30.5 Å². The van der Waals surface area contributed by atoms with Crippen LogP contribution >= 0.6 is 0 Å². The average Bonchev–Trinajstić information content (AvgIpc) is 2.18. The van der Waals surface area contributed by atoms with Crippen molar-refractivity contribution in [1.82, 2.24) is 0 Å². The maximum absolute atomic E-state index is 11.4. The fraction of sp³-hybridized carbons (Fsp3) is 0.308. The summed E-state index contributed by atoms with van der Waals surface area (Å²) in [5, 5.41) is 0. The number of carbonyl (C=O) groups excluding carboxylic acids is 1. The molecule has 0 rings (SSSR count). The van der Waals surface area contributed by atoms with Crippen molar-refractivity contribution in [3.05, 3.63) is 49.2 Å². The first-order valence-electron chi connectivity index (χ1n) is 5.19. The monoisotopic (exact) mass is 220 g/mol. The third kappa shape index (κ3) is 4.17. The Morgan fingerprint density at radius 1 is 1.06 bits per heavy atom. The molecule has 3 heteroatoms. The van der Waals surface area contributed by atoms with E-state index in [9.17, 15) is 4.79 Å². The van der Waals surface area contributed by atoms with E-state index in [-0.39, 0.29) is 5.92 Å². The normalized spacial score (nSPS) is 11.8. The summed E-state index contributed by atoms with van der Waals surface area (Å²) in [5.41, 5.74) is 12.1. The van der Waals surface area contributed by atoms with Crippen LogP contribution in [0.2, 0.25) is 0 Å². The second kappa shape index (κ2) is 7.51. The zero-order valence-corrected chi connectivity index (χ0v) is 9.61. The molecule has 0 fully saturated rings. The quantitative estimate of drug-likeness (QED) is 0.485. The highest BCUT2D eigenvalue weighted by Crippen LogP contribution is 2.23. The van der Waals surface area contributed by atoms with E-state index in [0.717, 1.165) is 0 Å². The number of primary amides is 1. The van der Waals surface area contributed by atoms with Crippen LogP contribution in [0.1, 0.15) is 19.3 Å². The van der Waals surface area contributed by atoms with Crippen LogP contribution in [0.25, 0.3) is 0 Å². The molecule has 0 aromatic carbocycles. The highest BCUT2D eigenvalue weighted by atomic mass is 16.1. The molecular weight excluding hydrogens is 200 g/mol. The van der Waals surface area contributed by atoms with Gasteiger partial charge in [-0.05, 0) is 18.8 Å². The predicted molar refractivity (Wildman–Crippen MR) is 68.3 cm³/mol. The van der Waals surface area contributed by atoms with E-state index >= 15 is 0 Å². The van der Waals surface area contributed by atoms with Gasteiger partial charge in [-0.3, -0.25) is 4.79 Å². The highest BCUT2D eigenvalue weighted by molar-refractivity contribution is 5.93. The Labute approximate surface area is 97.2 Å². The zero-order chi connectivity index (χ0) is 12.6. The second-order valence-electron chi connectivity index (χ2n) is 3.54. The lowest BCUT2D eigenvalue weighted by Gasteiger charge is -2.17. The summed E-state index contributed by atoms with van der Waals surface area (Å²) in [5.74, 6) is -0.513. The molecule has 0 bridgehead atoms. The van der Waals surface area contributed by atoms with Crippen LogP contribution in [0.5, 0.6) is 0 Å². The van der Waals surface area contributed by atoms with Gasteiger partial charge in [-0.1, -0.05) is 18.2 Å². The number of rotatable bonds is 8. The van der Waals surface area contributed by atoms with Gasteiger partial charge >= 0.3 is 0 Å². The summed E-state index contributed by atoms with van der Waals surface area (Å²) in [4.78, 5) is 11.4. The lowest BCUT2D eigenvalue weighted by molar-refractivity contribution is -0.115. The highest BCUT2D eigenvalue weighted by Gasteiger charge is 2.19. The first kappa shape index (κ1) is 14.2. The van der Waals surface area contributed by atoms with Gasteiger partial charge in [0, 0.05) is 17.7 Å². The summed E-state index contributed by atoms with van der Waals surface area (Å²) in [6.07, 6.45) is 6.92. The van der Waals surface area contributed by atoms with Gasteiger partial charge in [0.2, 0.25) is 5.91 Å². The molecule has 0 unspecified atom stereocenters. The van der Waals surface area contributed by atoms with Crippen LogP contribution in [-0.4, -0.2) is 5.91 Å². The zero-order valence-electron chi connectivity index (χ0n) is 9.61. The molecule has 0 aliphatic carbocycles. The summed E-state index contributed by atoms with van der Waals surface area (Å²) in [6, 6.07) is 0. The minimum Gasteiger partial charge on any atom is -0.401 e. The molecule has 0 radical (unpaired) electrons. The molecule has 1 amide bonds. The molecule has 88 valence electrons. The van der Waals surface area contributed by atoms with Crippen LogP contribution < -0.4 is 11.5 Å². The third-order valence-corrected chi connectivity index (χ3v) is 2.29. The standard InChI is InChI=1S/C13H20N2O/c1-4-7-10(8-5-2)12(13(15)16)11(14)9-6-3/h4-6,10H,1-3,7-9,14H2,(H2,15,16). The van der Waals surface area contributed by atoms with Gasteiger partial charge in [0.1, 0.15) is 0 Å². The van der Waals surface area contributed by atoms with Gasteiger partial charge in [-0.2, -0.15) is 0 Å². The van der Waals surface area contributed by atoms with Gasteiger partial charge in [0.05, 0.1) is 0 Å². The van der Waals surface area contributed by atoms with Gasteiger partial charge < -0.3 is 11.5 Å². The summed E-state index contributed by atoms with van der Waals surface area (Å²) >= 11 is 0. The fourth-order valence-electron chi connectivity index (χ4n) is 1.62. The minimum atomic E-state index is -0.479. The Morgan fingerprint density at radius 2 is 1.56 bits per heavy atom. The number of hydrogen-bond donors (Lipinski definition) is 2. The van der Waals surface area contributed by atoms with E-state index in [4.69, 9.17) is 11.5 Å². The Morgan fingerprint density at radius 3 is 1.88 bits per heavy atom. The van der Waals surface area contributed by atoms with Crippen LogP contribution in [-0.2, 0) is 4.79 Å². The van der Waals surface area contributed by atoms with E-state index in [2.05, 4.69) is 19.7 Å². The summed E-state index contributed by atoms with van der Waals surface area (Å²) < 4.78 is 0. The smallest absolute Gasteiger partial charge is 0.246 e. The van der Waals surface area contributed by atoms with E-state index in [1.54, 1.807) is 18.2 Å². The Bertz CT molecular complexity index is 306. The molecule has 0 aliphatic rings. The van der Waals surface area contributed by atoms with Gasteiger partial charge in [-0.15, -0.1) is 19.7 Å². The SMILES string of the molecule is C=CCC(N)=C(C(N)=O)C(CC=C)CC=C.